The lowest BCUT2D eigenvalue weighted by Crippen LogP contribution is -2.59. The highest BCUT2D eigenvalue weighted by Gasteiger charge is 2.59. The van der Waals surface area contributed by atoms with Gasteiger partial charge in [0, 0.05) is 0 Å². The van der Waals surface area contributed by atoms with Crippen LogP contribution < -0.4 is 5.26 Å². The average Bonchev–Trinajstić information content (AvgIpc) is 2.96. The largest absolute Gasteiger partial charge is 0.691 e. The molecule has 0 aliphatic heterocycles. The molecule has 0 heterocycles. The fourth-order valence-corrected chi connectivity index (χ4v) is 8.80. The van der Waals surface area contributed by atoms with Gasteiger partial charge in [-0.05, 0) is 86.3 Å². The molecule has 40 heavy (non-hydrogen) atoms. The highest BCUT2D eigenvalue weighted by molar-refractivity contribution is 7.97. The monoisotopic (exact) mass is 588 g/mol. The summed E-state index contributed by atoms with van der Waals surface area (Å²) in [5.41, 5.74) is -0.922. The van der Waals surface area contributed by atoms with Crippen molar-refractivity contribution < 1.29 is 38.0 Å². The number of ether oxygens (including phenoxy) is 1. The molecule has 0 amide bonds. The van der Waals surface area contributed by atoms with Gasteiger partial charge in [0.1, 0.15) is 17.6 Å². The second kappa shape index (κ2) is 12.6. The third-order valence-electron chi connectivity index (χ3n) is 7.82. The molecule has 10 heteroatoms. The summed E-state index contributed by atoms with van der Waals surface area (Å²) < 4.78 is 35.6. The number of hydrogen-bond donors (Lipinski definition) is 1. The van der Waals surface area contributed by atoms with E-state index in [1.807, 2.05) is 0 Å². The standard InChI is InChI=1S/C18H15S.C12H16F2O6S/c1-4-10-16(11-5-1)19(17-12-6-2-7-13-17)18-14-8-3-9-15-18;13-12(14,21-20-19-17)10(16)18-11-3-6-1-7(4-11)9(15)8(2-6)5-11/h1-15H;6-9,15,17H,1-5H2/q+1;/p-1. The number of halogens is 2. The van der Waals surface area contributed by atoms with Gasteiger partial charge in [-0.1, -0.05) is 54.6 Å². The zero-order valence-electron chi connectivity index (χ0n) is 21.6. The van der Waals surface area contributed by atoms with Crippen molar-refractivity contribution in [1.29, 1.82) is 0 Å². The molecule has 0 spiro atoms. The Morgan fingerprint density at radius 1 is 0.850 bits per heavy atom. The van der Waals surface area contributed by atoms with Crippen LogP contribution in [0.3, 0.4) is 0 Å². The lowest BCUT2D eigenvalue weighted by molar-refractivity contribution is -0.777. The van der Waals surface area contributed by atoms with Gasteiger partial charge in [0.2, 0.25) is 0 Å². The van der Waals surface area contributed by atoms with Gasteiger partial charge < -0.3 is 15.1 Å². The van der Waals surface area contributed by atoms with Crippen LogP contribution in [0.1, 0.15) is 32.1 Å². The SMILES string of the molecule is O=C(OC12CC3CC(C1)C(O)C(C3)C2)C(F)(F)SOO[O-].c1ccc([S+](c2ccccc2)c2ccccc2)cc1. The Morgan fingerprint density at radius 2 is 1.30 bits per heavy atom. The highest BCUT2D eigenvalue weighted by atomic mass is 32.2. The summed E-state index contributed by atoms with van der Waals surface area (Å²) >= 11 is -0.676. The van der Waals surface area contributed by atoms with Gasteiger partial charge in [0.15, 0.2) is 14.7 Å². The maximum absolute atomic E-state index is 13.5. The minimum Gasteiger partial charge on any atom is -0.691 e. The minimum absolute atomic E-state index is 0.00607. The zero-order chi connectivity index (χ0) is 28.2. The molecular weight excluding hydrogens is 558 g/mol. The van der Waals surface area contributed by atoms with Gasteiger partial charge in [-0.15, -0.1) is 0 Å². The molecule has 3 aromatic rings. The van der Waals surface area contributed by atoms with E-state index in [0.29, 0.717) is 25.2 Å². The molecule has 4 aliphatic carbocycles. The Labute approximate surface area is 239 Å². The van der Waals surface area contributed by atoms with Crippen LogP contribution in [0.25, 0.3) is 0 Å². The van der Waals surface area contributed by atoms with Crippen molar-refractivity contribution in [3.05, 3.63) is 91.0 Å². The number of aliphatic hydroxyl groups excluding tert-OH is 1. The third kappa shape index (κ3) is 6.53. The average molecular weight is 589 g/mol. The number of esters is 1. The quantitative estimate of drug-likeness (QED) is 0.119. The molecule has 4 aliphatic rings. The first-order chi connectivity index (χ1) is 19.3. The topological polar surface area (TPSA) is 88.1 Å². The predicted molar refractivity (Wildman–Crippen MR) is 145 cm³/mol. The molecule has 4 saturated carbocycles. The van der Waals surface area contributed by atoms with E-state index in [-0.39, 0.29) is 22.7 Å². The second-order valence-electron chi connectivity index (χ2n) is 10.5. The summed E-state index contributed by atoms with van der Waals surface area (Å²) in [7, 11) is -0.0146. The van der Waals surface area contributed by atoms with Crippen LogP contribution in [0, 0.1) is 17.8 Å². The number of benzene rings is 3. The first-order valence-corrected chi connectivity index (χ1v) is 15.1. The number of alkyl halides is 2. The van der Waals surface area contributed by atoms with Crippen molar-refractivity contribution in [3.8, 4) is 0 Å². The molecule has 0 saturated heterocycles. The summed E-state index contributed by atoms with van der Waals surface area (Å²) in [6.07, 6.45) is 2.65. The van der Waals surface area contributed by atoms with E-state index in [1.54, 1.807) is 0 Å². The molecule has 4 bridgehead atoms. The van der Waals surface area contributed by atoms with Crippen LogP contribution in [-0.4, -0.2) is 28.0 Å². The number of aliphatic hydroxyl groups is 1. The van der Waals surface area contributed by atoms with Gasteiger partial charge >= 0.3 is 11.2 Å². The first-order valence-electron chi connectivity index (χ1n) is 13.1. The lowest BCUT2D eigenvalue weighted by atomic mass is 9.53. The van der Waals surface area contributed by atoms with Crippen molar-refractivity contribution in [2.45, 2.75) is 63.8 Å². The summed E-state index contributed by atoms with van der Waals surface area (Å²) in [6.45, 7) is 0. The Morgan fingerprint density at radius 3 is 1.73 bits per heavy atom. The van der Waals surface area contributed by atoms with E-state index < -0.39 is 35.0 Å². The molecule has 212 valence electrons. The van der Waals surface area contributed by atoms with Gasteiger partial charge in [-0.3, -0.25) is 5.04 Å². The molecule has 4 fully saturated rings. The summed E-state index contributed by atoms with van der Waals surface area (Å²) in [5.74, 6) is -1.42. The number of carbonyl (C=O) groups is 1. The second-order valence-corrected chi connectivity index (χ2v) is 13.4. The Kier molecular flexibility index (Phi) is 9.14. The maximum Gasteiger partial charge on any atom is 0.415 e. The van der Waals surface area contributed by atoms with Gasteiger partial charge in [-0.2, -0.15) is 13.1 Å². The van der Waals surface area contributed by atoms with Gasteiger partial charge in [0.25, 0.3) is 0 Å². The highest BCUT2D eigenvalue weighted by Crippen LogP contribution is 2.57. The van der Waals surface area contributed by atoms with Crippen LogP contribution in [0.2, 0.25) is 0 Å². The minimum atomic E-state index is -4.01. The zero-order valence-corrected chi connectivity index (χ0v) is 23.2. The molecule has 2 atom stereocenters. The molecular formula is C30H30F2O6S2. The summed E-state index contributed by atoms with van der Waals surface area (Å²) in [6, 6.07) is 32.2. The van der Waals surface area contributed by atoms with E-state index in [2.05, 4.69) is 100 Å². The van der Waals surface area contributed by atoms with Crippen LogP contribution in [-0.2, 0) is 29.8 Å². The fraction of sp³-hybridized carbons (Fsp3) is 0.367. The molecule has 7 rings (SSSR count). The first kappa shape index (κ1) is 29.0. The van der Waals surface area contributed by atoms with Crippen LogP contribution in [0.5, 0.6) is 0 Å². The number of hydrogen-bond acceptors (Lipinski definition) is 7. The Balaban J connectivity index is 0.000000162. The Hall–Kier alpha value is -2.47. The maximum atomic E-state index is 13.5. The smallest absolute Gasteiger partial charge is 0.415 e. The molecule has 0 radical (unpaired) electrons. The van der Waals surface area contributed by atoms with E-state index in [4.69, 9.17) is 4.74 Å². The molecule has 1 N–H and O–H groups in total. The summed E-state index contributed by atoms with van der Waals surface area (Å²) in [5, 5.41) is 18.5. The van der Waals surface area contributed by atoms with Crippen LogP contribution in [0.15, 0.2) is 106 Å². The van der Waals surface area contributed by atoms with Crippen molar-refractivity contribution in [1.82, 2.24) is 0 Å². The van der Waals surface area contributed by atoms with Crippen LogP contribution in [0.4, 0.5) is 8.78 Å². The van der Waals surface area contributed by atoms with E-state index >= 15 is 0 Å². The summed E-state index contributed by atoms with van der Waals surface area (Å²) in [4.78, 5) is 15.7. The lowest BCUT2D eigenvalue weighted by Gasteiger charge is -2.57. The normalized spacial score (nSPS) is 26.7. The van der Waals surface area contributed by atoms with E-state index in [0.717, 1.165) is 12.8 Å². The van der Waals surface area contributed by atoms with Crippen molar-refractivity contribution >= 4 is 28.9 Å². The van der Waals surface area contributed by atoms with Gasteiger partial charge in [0.05, 0.1) is 17.0 Å². The van der Waals surface area contributed by atoms with Gasteiger partial charge in [-0.25, -0.2) is 4.79 Å². The number of carbonyl (C=O) groups excluding carboxylic acids is 1. The predicted octanol–water partition coefficient (Wildman–Crippen LogP) is 5.72. The molecule has 6 nitrogen and oxygen atoms in total. The third-order valence-corrected chi connectivity index (χ3v) is 10.5. The van der Waals surface area contributed by atoms with E-state index in [1.165, 1.54) is 14.7 Å². The van der Waals surface area contributed by atoms with Crippen molar-refractivity contribution in [3.63, 3.8) is 0 Å². The van der Waals surface area contributed by atoms with Crippen LogP contribution >= 0.6 is 12.0 Å². The number of rotatable bonds is 8. The molecule has 0 aromatic heterocycles. The van der Waals surface area contributed by atoms with E-state index in [9.17, 15) is 23.9 Å². The molecule has 2 unspecified atom stereocenters. The fourth-order valence-electron chi connectivity index (χ4n) is 6.47. The molecule has 3 aromatic carbocycles. The van der Waals surface area contributed by atoms with Crippen molar-refractivity contribution in [2.75, 3.05) is 0 Å². The Bertz CT molecular complexity index is 1140. The van der Waals surface area contributed by atoms with Crippen molar-refractivity contribution in [2.24, 2.45) is 17.8 Å².